The molecule has 0 saturated carbocycles. The number of allylic oxidation sites excluding steroid dienone is 4. The quantitative estimate of drug-likeness (QED) is 0.713. The van der Waals surface area contributed by atoms with E-state index in [1.54, 1.807) is 30.3 Å². The summed E-state index contributed by atoms with van der Waals surface area (Å²) in [6.07, 6.45) is 6.35. The van der Waals surface area contributed by atoms with Crippen LogP contribution >= 0.6 is 7.60 Å². The molecule has 3 nitrogen and oxygen atoms in total. The topological polar surface area (TPSA) is 35.5 Å². The lowest BCUT2D eigenvalue weighted by molar-refractivity contribution is 0.395. The minimum Gasteiger partial charge on any atom is -0.413 e. The monoisotopic (exact) mass is 298 g/mol. The maximum atomic E-state index is 13.2. The molecule has 0 aliphatic heterocycles. The van der Waals surface area contributed by atoms with Crippen molar-refractivity contribution in [3.8, 4) is 11.5 Å². The summed E-state index contributed by atoms with van der Waals surface area (Å²) in [7, 11) is -3.44. The molecule has 0 unspecified atom stereocenters. The minimum absolute atomic E-state index is 0.526. The van der Waals surface area contributed by atoms with E-state index in [0.717, 1.165) is 6.42 Å². The van der Waals surface area contributed by atoms with Crippen molar-refractivity contribution >= 4 is 7.60 Å². The van der Waals surface area contributed by atoms with Crippen LogP contribution in [0.15, 0.2) is 84.2 Å². The summed E-state index contributed by atoms with van der Waals surface area (Å²) in [6.45, 7) is 0. The lowest BCUT2D eigenvalue weighted by Crippen LogP contribution is -2.02. The molecule has 0 aromatic heterocycles. The predicted molar refractivity (Wildman–Crippen MR) is 83.6 cm³/mol. The molecule has 2 aromatic rings. The van der Waals surface area contributed by atoms with Gasteiger partial charge in [0.05, 0.1) is 5.31 Å². The molecule has 21 heavy (non-hydrogen) atoms. The van der Waals surface area contributed by atoms with Crippen LogP contribution < -0.4 is 9.05 Å². The maximum Gasteiger partial charge on any atom is 0.462 e. The Morgan fingerprint density at radius 2 is 1.33 bits per heavy atom. The summed E-state index contributed by atoms with van der Waals surface area (Å²) < 4.78 is 24.6. The van der Waals surface area contributed by atoms with Crippen LogP contribution in [-0.4, -0.2) is 0 Å². The molecule has 1 aliphatic carbocycles. The van der Waals surface area contributed by atoms with Gasteiger partial charge < -0.3 is 9.05 Å². The van der Waals surface area contributed by atoms with E-state index >= 15 is 0 Å². The van der Waals surface area contributed by atoms with Gasteiger partial charge in [0.15, 0.2) is 0 Å². The van der Waals surface area contributed by atoms with Crippen LogP contribution in [0.1, 0.15) is 6.42 Å². The first-order valence-electron chi connectivity index (χ1n) is 6.73. The Kier molecular flexibility index (Phi) is 3.94. The Bertz CT molecular complexity index is 660. The van der Waals surface area contributed by atoms with Crippen LogP contribution in [0, 0.1) is 0 Å². The molecule has 0 radical (unpaired) electrons. The Morgan fingerprint density at radius 1 is 0.810 bits per heavy atom. The molecular formula is C17H15O3P. The lowest BCUT2D eigenvalue weighted by Gasteiger charge is -2.20. The van der Waals surface area contributed by atoms with E-state index in [9.17, 15) is 4.57 Å². The number of para-hydroxylation sites is 2. The van der Waals surface area contributed by atoms with Gasteiger partial charge >= 0.3 is 7.60 Å². The SMILES string of the molecule is O=P(Oc1ccccc1)(Oc1ccccc1)C1=CCC=C1. The molecule has 1 aliphatic rings. The van der Waals surface area contributed by atoms with Gasteiger partial charge in [-0.15, -0.1) is 0 Å². The van der Waals surface area contributed by atoms with Crippen molar-refractivity contribution in [1.82, 2.24) is 0 Å². The van der Waals surface area contributed by atoms with Gasteiger partial charge in [-0.2, -0.15) is 0 Å². The van der Waals surface area contributed by atoms with Gasteiger partial charge in [0.25, 0.3) is 0 Å². The fourth-order valence-electron chi connectivity index (χ4n) is 2.01. The molecule has 0 fully saturated rings. The molecule has 0 saturated heterocycles. The highest BCUT2D eigenvalue weighted by Crippen LogP contribution is 2.57. The molecule has 2 aromatic carbocycles. The second-order valence-electron chi connectivity index (χ2n) is 4.57. The van der Waals surface area contributed by atoms with Crippen molar-refractivity contribution < 1.29 is 13.6 Å². The molecule has 0 N–H and O–H groups in total. The summed E-state index contributed by atoms with van der Waals surface area (Å²) >= 11 is 0. The third kappa shape index (κ3) is 3.26. The van der Waals surface area contributed by atoms with Crippen LogP contribution in [0.25, 0.3) is 0 Å². The molecule has 0 atom stereocenters. The summed E-state index contributed by atoms with van der Waals surface area (Å²) in [5, 5.41) is 0.593. The third-order valence-electron chi connectivity index (χ3n) is 3.01. The standard InChI is InChI=1S/C17H15O3P/c18-21(17-13-7-8-14-17,19-15-9-3-1-4-10-15)20-16-11-5-2-6-12-16/h1-7,9-14H,8H2. The summed E-state index contributed by atoms with van der Waals surface area (Å²) in [5.41, 5.74) is 0. The van der Waals surface area contributed by atoms with Gasteiger partial charge in [-0.05, 0) is 36.8 Å². The minimum atomic E-state index is -3.44. The fraction of sp³-hybridized carbons (Fsp3) is 0.0588. The average molecular weight is 298 g/mol. The van der Waals surface area contributed by atoms with Crippen LogP contribution in [0.3, 0.4) is 0 Å². The highest BCUT2D eigenvalue weighted by atomic mass is 31.2. The molecule has 0 amide bonds. The number of hydrogen-bond donors (Lipinski definition) is 0. The molecule has 0 heterocycles. The molecule has 0 spiro atoms. The normalized spacial score (nSPS) is 13.8. The van der Waals surface area contributed by atoms with Crippen molar-refractivity contribution in [2.75, 3.05) is 0 Å². The fourth-order valence-corrected chi connectivity index (χ4v) is 3.68. The van der Waals surface area contributed by atoms with E-state index in [4.69, 9.17) is 9.05 Å². The summed E-state index contributed by atoms with van der Waals surface area (Å²) in [4.78, 5) is 0. The molecule has 4 heteroatoms. The average Bonchev–Trinajstić information content (AvgIpc) is 3.04. The van der Waals surface area contributed by atoms with E-state index in [1.807, 2.05) is 48.6 Å². The van der Waals surface area contributed by atoms with Crippen molar-refractivity contribution in [3.05, 3.63) is 84.2 Å². The molecule has 3 rings (SSSR count). The van der Waals surface area contributed by atoms with E-state index in [1.165, 1.54) is 0 Å². The maximum absolute atomic E-state index is 13.2. The Labute approximate surface area is 124 Å². The van der Waals surface area contributed by atoms with Crippen LogP contribution in [0.4, 0.5) is 0 Å². The van der Waals surface area contributed by atoms with Crippen LogP contribution in [-0.2, 0) is 4.57 Å². The number of rotatable bonds is 5. The van der Waals surface area contributed by atoms with Crippen molar-refractivity contribution in [2.24, 2.45) is 0 Å². The van der Waals surface area contributed by atoms with Crippen molar-refractivity contribution in [2.45, 2.75) is 6.42 Å². The number of hydrogen-bond acceptors (Lipinski definition) is 3. The highest BCUT2D eigenvalue weighted by Gasteiger charge is 2.33. The summed E-state index contributed by atoms with van der Waals surface area (Å²) in [5.74, 6) is 1.05. The van der Waals surface area contributed by atoms with Crippen molar-refractivity contribution in [3.63, 3.8) is 0 Å². The zero-order valence-corrected chi connectivity index (χ0v) is 12.3. The smallest absolute Gasteiger partial charge is 0.413 e. The Hall–Kier alpha value is -2.25. The van der Waals surface area contributed by atoms with E-state index in [-0.39, 0.29) is 0 Å². The Morgan fingerprint density at radius 3 is 1.76 bits per heavy atom. The van der Waals surface area contributed by atoms with Crippen molar-refractivity contribution in [1.29, 1.82) is 0 Å². The van der Waals surface area contributed by atoms with Gasteiger partial charge in [-0.1, -0.05) is 48.6 Å². The molecular weight excluding hydrogens is 283 g/mol. The first kappa shape index (κ1) is 13.7. The van der Waals surface area contributed by atoms with E-state index in [0.29, 0.717) is 16.8 Å². The van der Waals surface area contributed by atoms with E-state index in [2.05, 4.69) is 0 Å². The first-order valence-corrected chi connectivity index (χ1v) is 8.27. The highest BCUT2D eigenvalue weighted by molar-refractivity contribution is 7.59. The van der Waals surface area contributed by atoms with Gasteiger partial charge in [0.2, 0.25) is 0 Å². The van der Waals surface area contributed by atoms with Gasteiger partial charge in [0.1, 0.15) is 11.5 Å². The second-order valence-corrected chi connectivity index (χ2v) is 6.45. The second kappa shape index (κ2) is 6.02. The Balaban J connectivity index is 1.92. The van der Waals surface area contributed by atoms with Gasteiger partial charge in [0, 0.05) is 0 Å². The predicted octanol–water partition coefficient (Wildman–Crippen LogP) is 5.18. The first-order chi connectivity index (χ1) is 10.3. The number of benzene rings is 2. The zero-order valence-electron chi connectivity index (χ0n) is 11.4. The molecule has 106 valence electrons. The zero-order chi connectivity index (χ0) is 14.5. The summed E-state index contributed by atoms with van der Waals surface area (Å²) in [6, 6.07) is 18.2. The molecule has 0 bridgehead atoms. The lowest BCUT2D eigenvalue weighted by atomic mass is 10.3. The van der Waals surface area contributed by atoms with Gasteiger partial charge in [-0.25, -0.2) is 4.57 Å². The van der Waals surface area contributed by atoms with Crippen LogP contribution in [0.2, 0.25) is 0 Å². The largest absolute Gasteiger partial charge is 0.462 e. The van der Waals surface area contributed by atoms with E-state index < -0.39 is 7.60 Å². The van der Waals surface area contributed by atoms with Gasteiger partial charge in [-0.3, -0.25) is 0 Å². The third-order valence-corrected chi connectivity index (χ3v) is 4.87. The van der Waals surface area contributed by atoms with Crippen LogP contribution in [0.5, 0.6) is 11.5 Å².